The molecule has 1 aromatic heterocycles. The van der Waals surface area contributed by atoms with Crippen LogP contribution >= 0.6 is 0 Å². The smallest absolute Gasteiger partial charge is 0.344 e. The first-order chi connectivity index (χ1) is 9.22. The van der Waals surface area contributed by atoms with Crippen LogP contribution in [0.1, 0.15) is 0 Å². The molecule has 0 N–H and O–H groups in total. The Labute approximate surface area is 109 Å². The maximum absolute atomic E-state index is 11.9. The average molecular weight is 256 g/mol. The van der Waals surface area contributed by atoms with Crippen LogP contribution in [-0.4, -0.2) is 14.2 Å². The minimum absolute atomic E-state index is 0.363. The van der Waals surface area contributed by atoms with E-state index in [0.717, 1.165) is 10.8 Å². The molecule has 0 spiro atoms. The summed E-state index contributed by atoms with van der Waals surface area (Å²) in [6, 6.07) is 10.7. The number of hydrogen-bond donors (Lipinski definition) is 0. The van der Waals surface area contributed by atoms with E-state index in [-0.39, 0.29) is 5.63 Å². The highest BCUT2D eigenvalue weighted by Gasteiger charge is 2.09. The second kappa shape index (κ2) is 4.31. The van der Waals surface area contributed by atoms with E-state index in [2.05, 4.69) is 0 Å². The van der Waals surface area contributed by atoms with Crippen LogP contribution in [0.4, 0.5) is 0 Å². The summed E-state index contributed by atoms with van der Waals surface area (Å²) in [6.45, 7) is 0. The summed E-state index contributed by atoms with van der Waals surface area (Å²) in [5.41, 5.74) is 0.142. The molecule has 3 aromatic rings. The molecule has 0 saturated carbocycles. The Morgan fingerprint density at radius 3 is 2.16 bits per heavy atom. The zero-order valence-electron chi connectivity index (χ0n) is 10.6. The Hall–Kier alpha value is -2.49. The molecule has 0 aliphatic rings. The Bertz CT molecular complexity index is 817. The summed E-state index contributed by atoms with van der Waals surface area (Å²) in [7, 11) is 3.17. The number of methoxy groups -OCH3 is 2. The third kappa shape index (κ3) is 1.81. The molecule has 4 heteroatoms. The van der Waals surface area contributed by atoms with Gasteiger partial charge in [0.25, 0.3) is 0 Å². The van der Waals surface area contributed by atoms with E-state index in [1.165, 1.54) is 0 Å². The zero-order valence-corrected chi connectivity index (χ0v) is 10.6. The minimum Gasteiger partial charge on any atom is -0.497 e. The van der Waals surface area contributed by atoms with Crippen LogP contribution in [0.3, 0.4) is 0 Å². The first kappa shape index (κ1) is 11.6. The third-order valence-corrected chi connectivity index (χ3v) is 3.13. The van der Waals surface area contributed by atoms with Crippen LogP contribution in [0, 0.1) is 0 Å². The lowest BCUT2D eigenvalue weighted by molar-refractivity contribution is 0.414. The number of fused-ring (bicyclic) bond motifs is 3. The van der Waals surface area contributed by atoms with E-state index in [9.17, 15) is 4.79 Å². The number of benzene rings is 2. The third-order valence-electron chi connectivity index (χ3n) is 3.13. The Kier molecular flexibility index (Phi) is 2.63. The maximum Gasteiger partial charge on any atom is 0.344 e. The quantitative estimate of drug-likeness (QED) is 0.522. The molecule has 0 radical (unpaired) electrons. The van der Waals surface area contributed by atoms with Crippen molar-refractivity contribution in [2.45, 2.75) is 0 Å². The molecule has 0 bridgehead atoms. The van der Waals surface area contributed by atoms with Gasteiger partial charge in [0.1, 0.15) is 17.1 Å². The van der Waals surface area contributed by atoms with Crippen molar-refractivity contribution in [1.29, 1.82) is 0 Å². The van der Waals surface area contributed by atoms with Gasteiger partial charge in [-0.2, -0.15) is 0 Å². The summed E-state index contributed by atoms with van der Waals surface area (Å²) in [5, 5.41) is 2.21. The van der Waals surface area contributed by atoms with Crippen LogP contribution in [-0.2, 0) is 0 Å². The lowest BCUT2D eigenvalue weighted by Gasteiger charge is -2.06. The van der Waals surface area contributed by atoms with E-state index in [4.69, 9.17) is 13.9 Å². The molecule has 0 atom stereocenters. The van der Waals surface area contributed by atoms with Crippen molar-refractivity contribution in [2.75, 3.05) is 14.2 Å². The molecule has 0 amide bonds. The summed E-state index contributed by atoms with van der Waals surface area (Å²) in [5.74, 6) is 1.35. The maximum atomic E-state index is 11.9. The summed E-state index contributed by atoms with van der Waals surface area (Å²) in [6.07, 6.45) is 0. The normalized spacial score (nSPS) is 10.8. The van der Waals surface area contributed by atoms with Crippen LogP contribution in [0.25, 0.3) is 21.7 Å². The van der Waals surface area contributed by atoms with Gasteiger partial charge in [-0.25, -0.2) is 4.79 Å². The number of rotatable bonds is 2. The molecule has 96 valence electrons. The van der Waals surface area contributed by atoms with Crippen molar-refractivity contribution >= 4 is 21.7 Å². The van der Waals surface area contributed by atoms with Gasteiger partial charge in [-0.3, -0.25) is 0 Å². The van der Waals surface area contributed by atoms with Crippen LogP contribution in [0.2, 0.25) is 0 Å². The van der Waals surface area contributed by atoms with E-state index in [1.54, 1.807) is 32.4 Å². The molecule has 0 aliphatic carbocycles. The fraction of sp³-hybridized carbons (Fsp3) is 0.133. The molecule has 2 aromatic carbocycles. The number of hydrogen-bond acceptors (Lipinski definition) is 4. The molecule has 0 saturated heterocycles. The van der Waals surface area contributed by atoms with Gasteiger partial charge in [-0.05, 0) is 30.3 Å². The van der Waals surface area contributed by atoms with Crippen LogP contribution in [0.5, 0.6) is 11.5 Å². The monoisotopic (exact) mass is 256 g/mol. The van der Waals surface area contributed by atoms with Crippen molar-refractivity contribution in [3.8, 4) is 11.5 Å². The Balaban J connectivity index is 2.46. The number of ether oxygens (including phenoxy) is 2. The highest BCUT2D eigenvalue weighted by Crippen LogP contribution is 2.28. The fourth-order valence-electron chi connectivity index (χ4n) is 2.14. The standard InChI is InChI=1S/C15H12O4/c1-17-9-4-6-12-13(7-9)11-5-3-10(18-2)8-14(11)19-15(12)16/h3-8H,1-2H3. The second-order valence-corrected chi connectivity index (χ2v) is 4.16. The predicted octanol–water partition coefficient (Wildman–Crippen LogP) is 2.96. The molecule has 19 heavy (non-hydrogen) atoms. The molecule has 0 aliphatic heterocycles. The van der Waals surface area contributed by atoms with Gasteiger partial charge >= 0.3 is 5.63 Å². The molecular formula is C15H12O4. The summed E-state index contributed by atoms with van der Waals surface area (Å²) in [4.78, 5) is 11.9. The molecule has 4 nitrogen and oxygen atoms in total. The minimum atomic E-state index is -0.363. The lowest BCUT2D eigenvalue weighted by Crippen LogP contribution is -2.00. The van der Waals surface area contributed by atoms with E-state index >= 15 is 0 Å². The molecular weight excluding hydrogens is 244 g/mol. The largest absolute Gasteiger partial charge is 0.497 e. The Morgan fingerprint density at radius 1 is 0.842 bits per heavy atom. The van der Waals surface area contributed by atoms with Gasteiger partial charge in [0.05, 0.1) is 19.6 Å². The van der Waals surface area contributed by atoms with E-state index in [0.29, 0.717) is 22.5 Å². The van der Waals surface area contributed by atoms with Crippen molar-refractivity contribution in [1.82, 2.24) is 0 Å². The highest BCUT2D eigenvalue weighted by atomic mass is 16.5. The zero-order chi connectivity index (χ0) is 13.4. The summed E-state index contributed by atoms with van der Waals surface area (Å²) < 4.78 is 15.6. The fourth-order valence-corrected chi connectivity index (χ4v) is 2.14. The van der Waals surface area contributed by atoms with Crippen molar-refractivity contribution in [2.24, 2.45) is 0 Å². The molecule has 0 fully saturated rings. The van der Waals surface area contributed by atoms with Gasteiger partial charge in [0.15, 0.2) is 0 Å². The first-order valence-corrected chi connectivity index (χ1v) is 5.81. The molecule has 3 rings (SSSR count). The van der Waals surface area contributed by atoms with Crippen molar-refractivity contribution < 1.29 is 13.9 Å². The van der Waals surface area contributed by atoms with Gasteiger partial charge in [0.2, 0.25) is 0 Å². The SMILES string of the molecule is COc1ccc2c(c1)oc(=O)c1ccc(OC)cc12. The molecule has 1 heterocycles. The highest BCUT2D eigenvalue weighted by molar-refractivity contribution is 6.05. The van der Waals surface area contributed by atoms with Gasteiger partial charge in [-0.15, -0.1) is 0 Å². The molecule has 0 unspecified atom stereocenters. The van der Waals surface area contributed by atoms with E-state index in [1.807, 2.05) is 18.2 Å². The van der Waals surface area contributed by atoms with Crippen LogP contribution < -0.4 is 15.1 Å². The van der Waals surface area contributed by atoms with Crippen molar-refractivity contribution in [3.05, 3.63) is 46.8 Å². The predicted molar refractivity (Wildman–Crippen MR) is 73.1 cm³/mol. The van der Waals surface area contributed by atoms with Crippen molar-refractivity contribution in [3.63, 3.8) is 0 Å². The topological polar surface area (TPSA) is 48.7 Å². The van der Waals surface area contributed by atoms with Gasteiger partial charge in [-0.1, -0.05) is 0 Å². The van der Waals surface area contributed by atoms with Gasteiger partial charge in [0, 0.05) is 16.8 Å². The average Bonchev–Trinajstić information content (AvgIpc) is 2.46. The Morgan fingerprint density at radius 2 is 1.47 bits per heavy atom. The second-order valence-electron chi connectivity index (χ2n) is 4.16. The summed E-state index contributed by atoms with van der Waals surface area (Å²) >= 11 is 0. The van der Waals surface area contributed by atoms with Crippen LogP contribution in [0.15, 0.2) is 45.6 Å². The van der Waals surface area contributed by atoms with E-state index < -0.39 is 0 Å². The van der Waals surface area contributed by atoms with Gasteiger partial charge < -0.3 is 13.9 Å². The lowest BCUT2D eigenvalue weighted by atomic mass is 10.1. The first-order valence-electron chi connectivity index (χ1n) is 5.81.